The van der Waals surface area contributed by atoms with Crippen molar-refractivity contribution < 1.29 is 9.53 Å². The third kappa shape index (κ3) is 2.50. The molecule has 0 aromatic heterocycles. The van der Waals surface area contributed by atoms with Gasteiger partial charge in [-0.3, -0.25) is 4.79 Å². The Labute approximate surface area is 108 Å². The molecule has 0 aromatic rings. The summed E-state index contributed by atoms with van der Waals surface area (Å²) in [5.74, 6) is 0.0737. The molecule has 0 bridgehead atoms. The Bertz CT molecular complexity index is 366. The van der Waals surface area contributed by atoms with E-state index >= 15 is 0 Å². The lowest BCUT2D eigenvalue weighted by Crippen LogP contribution is -2.56. The van der Waals surface area contributed by atoms with Crippen LogP contribution in [-0.2, 0) is 9.53 Å². The first kappa shape index (κ1) is 13.3. The van der Waals surface area contributed by atoms with Gasteiger partial charge in [-0.25, -0.2) is 0 Å². The monoisotopic (exact) mass is 251 g/mol. The number of likely N-dealkylation sites (N-methyl/N-ethyl adjacent to an activating group) is 1. The lowest BCUT2D eigenvalue weighted by atomic mass is 9.89. The highest BCUT2D eigenvalue weighted by molar-refractivity contribution is 5.82. The molecule has 1 aliphatic carbocycles. The largest absolute Gasteiger partial charge is 0.366 e. The first-order valence-electron chi connectivity index (χ1n) is 6.61. The minimum atomic E-state index is -0.684. The smallest absolute Gasteiger partial charge is 0.251 e. The highest BCUT2D eigenvalue weighted by Crippen LogP contribution is 2.35. The van der Waals surface area contributed by atoms with Crippen LogP contribution in [-0.4, -0.2) is 49.2 Å². The average molecular weight is 251 g/mol. The van der Waals surface area contributed by atoms with Crippen molar-refractivity contribution in [2.45, 2.75) is 37.8 Å². The summed E-state index contributed by atoms with van der Waals surface area (Å²) in [6.45, 7) is 4.05. The van der Waals surface area contributed by atoms with Crippen LogP contribution in [0.25, 0.3) is 0 Å². The summed E-state index contributed by atoms with van der Waals surface area (Å²) in [6, 6.07) is 2.31. The van der Waals surface area contributed by atoms with Crippen LogP contribution in [0.4, 0.5) is 0 Å². The van der Waals surface area contributed by atoms with E-state index in [0.29, 0.717) is 13.2 Å². The maximum absolute atomic E-state index is 12.2. The highest BCUT2D eigenvalue weighted by Gasteiger charge is 2.43. The van der Waals surface area contributed by atoms with Crippen LogP contribution < -0.4 is 5.32 Å². The predicted molar refractivity (Wildman–Crippen MR) is 66.7 cm³/mol. The van der Waals surface area contributed by atoms with Crippen LogP contribution in [0.15, 0.2) is 0 Å². The van der Waals surface area contributed by atoms with Gasteiger partial charge in [0.15, 0.2) is 0 Å². The molecule has 100 valence electrons. The van der Waals surface area contributed by atoms with Gasteiger partial charge < -0.3 is 15.0 Å². The number of carbonyl (C=O) groups excluding carboxylic acids is 1. The molecule has 5 heteroatoms. The quantitative estimate of drug-likeness (QED) is 0.777. The van der Waals surface area contributed by atoms with Crippen LogP contribution in [0, 0.1) is 17.2 Å². The zero-order chi connectivity index (χ0) is 13.2. The second-order valence-electron chi connectivity index (χ2n) is 5.49. The van der Waals surface area contributed by atoms with E-state index < -0.39 is 11.6 Å². The fourth-order valence-corrected chi connectivity index (χ4v) is 2.80. The third-order valence-corrected chi connectivity index (χ3v) is 4.16. The van der Waals surface area contributed by atoms with E-state index in [1.54, 1.807) is 0 Å². The number of carbonyl (C=O) groups is 1. The molecular formula is C13H21N3O2. The second-order valence-corrected chi connectivity index (χ2v) is 5.49. The maximum atomic E-state index is 12.2. The Kier molecular flexibility index (Phi) is 3.88. The SMILES string of the molecule is C[C@@H]1CCC[C@]1(C#N)NC(=O)[C@@H]1CN(C)CCO1. The number of ether oxygens (including phenoxy) is 1. The lowest BCUT2D eigenvalue weighted by molar-refractivity contribution is -0.139. The molecule has 3 atom stereocenters. The van der Waals surface area contributed by atoms with E-state index in [1.807, 2.05) is 14.0 Å². The van der Waals surface area contributed by atoms with Gasteiger partial charge in [0.05, 0.1) is 12.7 Å². The van der Waals surface area contributed by atoms with E-state index in [-0.39, 0.29) is 11.8 Å². The van der Waals surface area contributed by atoms with Crippen molar-refractivity contribution in [3.8, 4) is 6.07 Å². The Morgan fingerprint density at radius 2 is 2.39 bits per heavy atom. The molecule has 2 rings (SSSR count). The molecule has 1 saturated carbocycles. The zero-order valence-corrected chi connectivity index (χ0v) is 11.1. The molecule has 1 N–H and O–H groups in total. The summed E-state index contributed by atoms with van der Waals surface area (Å²) in [6.07, 6.45) is 2.31. The molecule has 0 aromatic carbocycles. The van der Waals surface area contributed by atoms with Crippen molar-refractivity contribution in [1.29, 1.82) is 5.26 Å². The second kappa shape index (κ2) is 5.25. The molecule has 0 spiro atoms. The molecule has 0 unspecified atom stereocenters. The molecule has 18 heavy (non-hydrogen) atoms. The fourth-order valence-electron chi connectivity index (χ4n) is 2.80. The Hall–Kier alpha value is -1.12. The standard InChI is InChI=1S/C13H21N3O2/c1-10-4-3-5-13(10,9-14)15-12(17)11-8-16(2)6-7-18-11/h10-11H,3-8H2,1-2H3,(H,15,17)/t10-,11+,13-/m1/s1. The van der Waals surface area contributed by atoms with E-state index in [9.17, 15) is 10.1 Å². The minimum absolute atomic E-state index is 0.142. The first-order chi connectivity index (χ1) is 8.57. The third-order valence-electron chi connectivity index (χ3n) is 4.16. The number of nitriles is 1. The van der Waals surface area contributed by atoms with Gasteiger partial charge in [-0.05, 0) is 32.2 Å². The van der Waals surface area contributed by atoms with Gasteiger partial charge in [0, 0.05) is 13.1 Å². The van der Waals surface area contributed by atoms with Crippen molar-refractivity contribution in [1.82, 2.24) is 10.2 Å². The number of morpholine rings is 1. The Morgan fingerprint density at radius 1 is 1.61 bits per heavy atom. The number of rotatable bonds is 2. The number of hydrogen-bond acceptors (Lipinski definition) is 4. The molecule has 0 radical (unpaired) electrons. The topological polar surface area (TPSA) is 65.4 Å². The predicted octanol–water partition coefficient (Wildman–Crippen LogP) is 0.516. The number of amides is 1. The van der Waals surface area contributed by atoms with Gasteiger partial charge >= 0.3 is 0 Å². The molecule has 1 amide bonds. The summed E-state index contributed by atoms with van der Waals surface area (Å²) in [5.41, 5.74) is -0.684. The molecule has 2 aliphatic rings. The average Bonchev–Trinajstić information content (AvgIpc) is 2.71. The summed E-state index contributed by atoms with van der Waals surface area (Å²) in [7, 11) is 1.97. The van der Waals surface area contributed by atoms with Crippen LogP contribution in [0.3, 0.4) is 0 Å². The molecule has 2 fully saturated rings. The van der Waals surface area contributed by atoms with Gasteiger partial charge in [0.1, 0.15) is 11.6 Å². The van der Waals surface area contributed by atoms with Gasteiger partial charge in [0.25, 0.3) is 5.91 Å². The van der Waals surface area contributed by atoms with Crippen LogP contribution in [0.5, 0.6) is 0 Å². The van der Waals surface area contributed by atoms with Crippen molar-refractivity contribution in [2.24, 2.45) is 5.92 Å². The molecule has 5 nitrogen and oxygen atoms in total. The van der Waals surface area contributed by atoms with Gasteiger partial charge in [-0.15, -0.1) is 0 Å². The van der Waals surface area contributed by atoms with Gasteiger partial charge in [-0.1, -0.05) is 6.92 Å². The summed E-state index contributed by atoms with van der Waals surface area (Å²) >= 11 is 0. The number of hydrogen-bond donors (Lipinski definition) is 1. The van der Waals surface area contributed by atoms with Crippen LogP contribution >= 0.6 is 0 Å². The summed E-state index contributed by atoms with van der Waals surface area (Å²) in [4.78, 5) is 14.3. The Balaban J connectivity index is 2.00. The Morgan fingerprint density at radius 3 is 2.94 bits per heavy atom. The molecule has 1 aliphatic heterocycles. The molecular weight excluding hydrogens is 230 g/mol. The van der Waals surface area contributed by atoms with E-state index in [4.69, 9.17) is 4.74 Å². The van der Waals surface area contributed by atoms with Crippen molar-refractivity contribution in [2.75, 3.05) is 26.7 Å². The van der Waals surface area contributed by atoms with E-state index in [0.717, 1.165) is 25.8 Å². The minimum Gasteiger partial charge on any atom is -0.366 e. The lowest BCUT2D eigenvalue weighted by Gasteiger charge is -2.33. The molecule has 1 saturated heterocycles. The number of nitrogens with zero attached hydrogens (tertiary/aromatic N) is 2. The van der Waals surface area contributed by atoms with Gasteiger partial charge in [-0.2, -0.15) is 5.26 Å². The van der Waals surface area contributed by atoms with Crippen molar-refractivity contribution in [3.05, 3.63) is 0 Å². The van der Waals surface area contributed by atoms with Gasteiger partial charge in [0.2, 0.25) is 0 Å². The highest BCUT2D eigenvalue weighted by atomic mass is 16.5. The summed E-state index contributed by atoms with van der Waals surface area (Å²) in [5, 5.41) is 12.3. The maximum Gasteiger partial charge on any atom is 0.251 e. The van der Waals surface area contributed by atoms with E-state index in [1.165, 1.54) is 0 Å². The number of nitrogens with one attached hydrogen (secondary N) is 1. The van der Waals surface area contributed by atoms with Crippen LogP contribution in [0.1, 0.15) is 26.2 Å². The van der Waals surface area contributed by atoms with Crippen molar-refractivity contribution >= 4 is 5.91 Å². The summed E-state index contributed by atoms with van der Waals surface area (Å²) < 4.78 is 5.48. The van der Waals surface area contributed by atoms with Crippen LogP contribution in [0.2, 0.25) is 0 Å². The molecule has 1 heterocycles. The normalized spacial score (nSPS) is 37.2. The first-order valence-corrected chi connectivity index (χ1v) is 6.61. The van der Waals surface area contributed by atoms with E-state index in [2.05, 4.69) is 16.3 Å². The van der Waals surface area contributed by atoms with Crippen molar-refractivity contribution in [3.63, 3.8) is 0 Å². The zero-order valence-electron chi connectivity index (χ0n) is 11.1. The fraction of sp³-hybridized carbons (Fsp3) is 0.846.